The lowest BCUT2D eigenvalue weighted by Gasteiger charge is -2.29. The van der Waals surface area contributed by atoms with Crippen LogP contribution in [0.15, 0.2) is 48.5 Å². The van der Waals surface area contributed by atoms with Crippen LogP contribution in [0.2, 0.25) is 0 Å². The summed E-state index contributed by atoms with van der Waals surface area (Å²) in [4.78, 5) is 13.4. The molecule has 2 aliphatic rings. The Balaban J connectivity index is 0.00000205. The van der Waals surface area contributed by atoms with E-state index >= 15 is 0 Å². The Hall–Kier alpha value is -2.37. The molecule has 0 spiro atoms. The van der Waals surface area contributed by atoms with Crippen molar-refractivity contribution in [1.82, 2.24) is 15.2 Å². The largest absolute Gasteiger partial charge is 0.349 e. The maximum atomic E-state index is 13.5. The highest BCUT2D eigenvalue weighted by atomic mass is 35.5. The third-order valence-corrected chi connectivity index (χ3v) is 6.26. The molecular formula is C23H25ClFN3O. The number of aryl methyl sites for hydroxylation is 1. The molecule has 152 valence electrons. The average molecular weight is 414 g/mol. The summed E-state index contributed by atoms with van der Waals surface area (Å²) >= 11 is 0. The van der Waals surface area contributed by atoms with Gasteiger partial charge in [0.1, 0.15) is 5.82 Å². The normalized spacial score (nSPS) is 23.0. The van der Waals surface area contributed by atoms with E-state index in [1.807, 2.05) is 35.9 Å². The predicted octanol–water partition coefficient (Wildman–Crippen LogP) is 4.42. The van der Waals surface area contributed by atoms with Crippen molar-refractivity contribution in [3.8, 4) is 11.3 Å². The fourth-order valence-corrected chi connectivity index (χ4v) is 5.00. The molecular weight excluding hydrogens is 389 g/mol. The number of benzene rings is 2. The van der Waals surface area contributed by atoms with Crippen molar-refractivity contribution < 1.29 is 9.18 Å². The molecule has 1 aromatic heterocycles. The number of carbonyl (C=O) groups is 1. The molecule has 2 aliphatic heterocycles. The summed E-state index contributed by atoms with van der Waals surface area (Å²) in [6.45, 7) is 0. The molecule has 1 unspecified atom stereocenters. The van der Waals surface area contributed by atoms with Crippen molar-refractivity contribution in [2.24, 2.45) is 7.05 Å². The number of aromatic nitrogens is 1. The highest BCUT2D eigenvalue weighted by Gasteiger charge is 2.35. The predicted molar refractivity (Wildman–Crippen MR) is 116 cm³/mol. The minimum atomic E-state index is -0.279. The van der Waals surface area contributed by atoms with Crippen LogP contribution >= 0.6 is 12.4 Å². The molecule has 2 fully saturated rings. The number of piperidine rings is 1. The Morgan fingerprint density at radius 3 is 2.41 bits per heavy atom. The van der Waals surface area contributed by atoms with Gasteiger partial charge in [0, 0.05) is 36.1 Å². The van der Waals surface area contributed by atoms with Gasteiger partial charge in [-0.05, 0) is 61.6 Å². The van der Waals surface area contributed by atoms with Crippen LogP contribution in [0.3, 0.4) is 0 Å². The summed E-state index contributed by atoms with van der Waals surface area (Å²) in [5.74, 6) is -0.318. The molecule has 29 heavy (non-hydrogen) atoms. The number of fused-ring (bicyclic) bond motifs is 3. The summed E-state index contributed by atoms with van der Waals surface area (Å²) in [5, 5.41) is 7.84. The lowest BCUT2D eigenvalue weighted by Crippen LogP contribution is -2.48. The van der Waals surface area contributed by atoms with Crippen LogP contribution in [0.25, 0.3) is 22.2 Å². The highest BCUT2D eigenvalue weighted by molar-refractivity contribution is 6.12. The number of amides is 1. The Morgan fingerprint density at radius 1 is 1.07 bits per heavy atom. The second kappa shape index (κ2) is 7.81. The van der Waals surface area contributed by atoms with Gasteiger partial charge in [-0.2, -0.15) is 0 Å². The third kappa shape index (κ3) is 3.53. The van der Waals surface area contributed by atoms with Gasteiger partial charge in [0.05, 0.1) is 11.3 Å². The van der Waals surface area contributed by atoms with Gasteiger partial charge in [-0.3, -0.25) is 4.79 Å². The van der Waals surface area contributed by atoms with E-state index in [1.54, 1.807) is 12.1 Å². The third-order valence-electron chi connectivity index (χ3n) is 6.26. The number of carbonyl (C=O) groups excluding carboxylic acids is 1. The van der Waals surface area contributed by atoms with Gasteiger partial charge in [-0.25, -0.2) is 4.39 Å². The number of nitrogens with one attached hydrogen (secondary N) is 2. The van der Waals surface area contributed by atoms with Gasteiger partial charge in [0.25, 0.3) is 5.91 Å². The molecule has 0 aliphatic carbocycles. The quantitative estimate of drug-likeness (QED) is 0.667. The Morgan fingerprint density at radius 2 is 1.72 bits per heavy atom. The maximum absolute atomic E-state index is 13.5. The number of hydrogen-bond donors (Lipinski definition) is 2. The van der Waals surface area contributed by atoms with Crippen molar-refractivity contribution in [3.05, 3.63) is 59.9 Å². The molecule has 2 bridgehead atoms. The minimum absolute atomic E-state index is 0. The number of nitrogens with zero attached hydrogens (tertiary/aromatic N) is 1. The fourth-order valence-electron chi connectivity index (χ4n) is 5.00. The first-order valence-electron chi connectivity index (χ1n) is 10.0. The fraction of sp³-hybridized carbons (Fsp3) is 0.348. The lowest BCUT2D eigenvalue weighted by atomic mass is 9.98. The lowest BCUT2D eigenvalue weighted by molar-refractivity contribution is 0.0926. The zero-order valence-electron chi connectivity index (χ0n) is 16.3. The van der Waals surface area contributed by atoms with Crippen LogP contribution in [0.4, 0.5) is 4.39 Å². The second-order valence-electron chi connectivity index (χ2n) is 8.09. The SMILES string of the molecule is Cl.Cn1c(-c2ccc(F)cc2)c(C(=O)NC2C[C@H]3CC[C@@H](C2)N3)c2ccccc21. The molecule has 4 nitrogen and oxygen atoms in total. The summed E-state index contributed by atoms with van der Waals surface area (Å²) in [6.07, 6.45) is 4.37. The van der Waals surface area contributed by atoms with Gasteiger partial charge in [0.15, 0.2) is 0 Å². The van der Waals surface area contributed by atoms with Crippen molar-refractivity contribution in [1.29, 1.82) is 0 Å². The smallest absolute Gasteiger partial charge is 0.254 e. The van der Waals surface area contributed by atoms with E-state index < -0.39 is 0 Å². The summed E-state index contributed by atoms with van der Waals surface area (Å²) in [6, 6.07) is 15.6. The summed E-state index contributed by atoms with van der Waals surface area (Å²) in [5.41, 5.74) is 3.35. The van der Waals surface area contributed by atoms with Crippen molar-refractivity contribution in [2.45, 2.75) is 43.8 Å². The molecule has 2 saturated heterocycles. The van der Waals surface area contributed by atoms with Crippen LogP contribution in [-0.4, -0.2) is 28.6 Å². The first kappa shape index (κ1) is 19.9. The first-order chi connectivity index (χ1) is 13.6. The molecule has 0 saturated carbocycles. The molecule has 6 heteroatoms. The van der Waals surface area contributed by atoms with Gasteiger partial charge in [-0.1, -0.05) is 18.2 Å². The highest BCUT2D eigenvalue weighted by Crippen LogP contribution is 2.34. The monoisotopic (exact) mass is 413 g/mol. The zero-order chi connectivity index (χ0) is 19.3. The number of para-hydroxylation sites is 1. The molecule has 3 atom stereocenters. The summed E-state index contributed by atoms with van der Waals surface area (Å²) < 4.78 is 15.5. The van der Waals surface area contributed by atoms with E-state index in [2.05, 4.69) is 10.6 Å². The van der Waals surface area contributed by atoms with Crippen LogP contribution in [0.1, 0.15) is 36.0 Å². The van der Waals surface area contributed by atoms with Gasteiger partial charge < -0.3 is 15.2 Å². The van der Waals surface area contributed by atoms with E-state index in [4.69, 9.17) is 0 Å². The van der Waals surface area contributed by atoms with Crippen LogP contribution in [-0.2, 0) is 7.05 Å². The Labute approximate surface area is 175 Å². The molecule has 2 N–H and O–H groups in total. The van der Waals surface area contributed by atoms with Gasteiger partial charge in [0.2, 0.25) is 0 Å². The van der Waals surface area contributed by atoms with Crippen molar-refractivity contribution in [3.63, 3.8) is 0 Å². The Kier molecular flexibility index (Phi) is 5.36. The van der Waals surface area contributed by atoms with Crippen LogP contribution in [0, 0.1) is 5.82 Å². The van der Waals surface area contributed by atoms with E-state index in [-0.39, 0.29) is 30.2 Å². The standard InChI is InChI=1S/C23H24FN3O.ClH/c1-27-20-5-3-2-4-19(20)21(22(27)14-6-8-15(24)9-7-14)23(28)26-18-12-16-10-11-17(13-18)25-16;/h2-9,16-18,25H,10-13H2,1H3,(H,26,28);1H/t16-,17+,18?;. The van der Waals surface area contributed by atoms with Crippen LogP contribution < -0.4 is 10.6 Å². The second-order valence-corrected chi connectivity index (χ2v) is 8.09. The summed E-state index contributed by atoms with van der Waals surface area (Å²) in [7, 11) is 1.96. The number of hydrogen-bond acceptors (Lipinski definition) is 2. The molecule has 0 radical (unpaired) electrons. The van der Waals surface area contributed by atoms with E-state index in [0.29, 0.717) is 17.6 Å². The average Bonchev–Trinajstić information content (AvgIpc) is 3.19. The van der Waals surface area contributed by atoms with Crippen molar-refractivity contribution >= 4 is 29.2 Å². The van der Waals surface area contributed by atoms with Gasteiger partial charge >= 0.3 is 0 Å². The number of halogens is 2. The van der Waals surface area contributed by atoms with Crippen LogP contribution in [0.5, 0.6) is 0 Å². The first-order valence-corrected chi connectivity index (χ1v) is 10.0. The molecule has 3 aromatic rings. The molecule has 1 amide bonds. The zero-order valence-corrected chi connectivity index (χ0v) is 17.1. The van der Waals surface area contributed by atoms with E-state index in [0.717, 1.165) is 35.0 Å². The van der Waals surface area contributed by atoms with Gasteiger partial charge in [-0.15, -0.1) is 12.4 Å². The number of rotatable bonds is 3. The topological polar surface area (TPSA) is 46.1 Å². The van der Waals surface area contributed by atoms with E-state index in [1.165, 1.54) is 25.0 Å². The maximum Gasteiger partial charge on any atom is 0.254 e. The molecule has 5 rings (SSSR count). The Bertz CT molecular complexity index is 1030. The minimum Gasteiger partial charge on any atom is -0.349 e. The molecule has 2 aromatic carbocycles. The van der Waals surface area contributed by atoms with Crippen molar-refractivity contribution in [2.75, 3.05) is 0 Å². The van der Waals surface area contributed by atoms with E-state index in [9.17, 15) is 9.18 Å². The molecule has 3 heterocycles.